The molecule has 1 unspecified atom stereocenters. The van der Waals surface area contributed by atoms with Crippen LogP contribution in [-0.2, 0) is 20.7 Å². The summed E-state index contributed by atoms with van der Waals surface area (Å²) in [5.74, 6) is -0.903. The number of rotatable bonds is 6. The molecule has 0 saturated heterocycles. The Morgan fingerprint density at radius 1 is 1.25 bits per heavy atom. The fourth-order valence-electron chi connectivity index (χ4n) is 2.90. The Kier molecular flexibility index (Phi) is 6.94. The first kappa shape index (κ1) is 18.1. The molecule has 0 spiro atoms. The maximum absolute atomic E-state index is 11.6. The smallest absolute Gasteiger partial charge is 0.313 e. The first-order chi connectivity index (χ1) is 11.6. The van der Waals surface area contributed by atoms with Gasteiger partial charge in [-0.25, -0.2) is 0 Å². The molecular formula is C20H24O4. The van der Waals surface area contributed by atoms with E-state index in [1.165, 1.54) is 30.2 Å². The number of aryl methyl sites for hydroxylation is 1. The Hall–Kier alpha value is -2.20. The van der Waals surface area contributed by atoms with Crippen LogP contribution in [-0.4, -0.2) is 30.1 Å². The average Bonchev–Trinajstić information content (AvgIpc) is 2.77. The molecule has 1 N–H and O–H groups in total. The van der Waals surface area contributed by atoms with Crippen molar-refractivity contribution in [2.45, 2.75) is 44.6 Å². The average molecular weight is 328 g/mol. The number of ketones is 1. The molecular weight excluding hydrogens is 304 g/mol. The van der Waals surface area contributed by atoms with Crippen LogP contribution in [0, 0.1) is 0 Å². The Morgan fingerprint density at radius 2 is 2.00 bits per heavy atom. The molecule has 2 rings (SSSR count). The minimum Gasteiger partial charge on any atom is -0.469 e. The van der Waals surface area contributed by atoms with Crippen LogP contribution < -0.4 is 0 Å². The molecule has 0 bridgehead atoms. The van der Waals surface area contributed by atoms with E-state index in [2.05, 4.69) is 22.9 Å². The normalized spacial score (nSPS) is 17.3. The van der Waals surface area contributed by atoms with Crippen LogP contribution in [0.25, 0.3) is 5.57 Å². The summed E-state index contributed by atoms with van der Waals surface area (Å²) in [7, 11) is 1.24. The van der Waals surface area contributed by atoms with Crippen LogP contribution in [0.4, 0.5) is 0 Å². The van der Waals surface area contributed by atoms with Crippen LogP contribution in [0.1, 0.15) is 43.2 Å². The van der Waals surface area contributed by atoms with Crippen molar-refractivity contribution in [1.29, 1.82) is 0 Å². The minimum absolute atomic E-state index is 0.0780. The summed E-state index contributed by atoms with van der Waals surface area (Å²) in [6.45, 7) is 0. The fraction of sp³-hybridized carbons (Fsp3) is 0.400. The number of fused-ring (bicyclic) bond motifs is 1. The molecule has 24 heavy (non-hydrogen) atoms. The number of hydrogen-bond donors (Lipinski definition) is 1. The molecule has 0 saturated carbocycles. The van der Waals surface area contributed by atoms with Gasteiger partial charge in [0.05, 0.1) is 13.2 Å². The summed E-state index contributed by atoms with van der Waals surface area (Å²) < 4.78 is 4.44. The van der Waals surface area contributed by atoms with Gasteiger partial charge < -0.3 is 9.84 Å². The van der Waals surface area contributed by atoms with Gasteiger partial charge in [-0.1, -0.05) is 42.5 Å². The predicted octanol–water partition coefficient (Wildman–Crippen LogP) is 3.24. The van der Waals surface area contributed by atoms with E-state index in [-0.39, 0.29) is 18.6 Å². The Balaban J connectivity index is 1.98. The standard InChI is InChI=1S/C20H24O4/c1-24-20(23)14-18(22)13-17(21)11-6-10-16-8-3-2-7-15-9-4-5-12-19(15)16/h4-6,9-12,17,21H,2-3,7-8,13-14H2,1H3/b11-6+,16-10-. The van der Waals surface area contributed by atoms with Crippen LogP contribution in [0.2, 0.25) is 0 Å². The van der Waals surface area contributed by atoms with Gasteiger partial charge in [0.1, 0.15) is 12.2 Å². The lowest BCUT2D eigenvalue weighted by Crippen LogP contribution is -2.15. The Morgan fingerprint density at radius 3 is 2.79 bits per heavy atom. The summed E-state index contributed by atoms with van der Waals surface area (Å²) in [6, 6.07) is 8.41. The second kappa shape index (κ2) is 9.18. The van der Waals surface area contributed by atoms with Crippen LogP contribution in [0.15, 0.2) is 42.5 Å². The third-order valence-electron chi connectivity index (χ3n) is 4.14. The number of ether oxygens (including phenoxy) is 1. The number of Topliss-reactive ketones (excluding diaryl/α,β-unsaturated/α-hetero) is 1. The van der Waals surface area contributed by atoms with Crippen molar-refractivity contribution >= 4 is 17.3 Å². The van der Waals surface area contributed by atoms with Gasteiger partial charge in [-0.15, -0.1) is 0 Å². The summed E-state index contributed by atoms with van der Waals surface area (Å²) in [5, 5.41) is 9.90. The zero-order valence-electron chi connectivity index (χ0n) is 14.0. The van der Waals surface area contributed by atoms with E-state index in [1.807, 2.05) is 12.1 Å². The first-order valence-corrected chi connectivity index (χ1v) is 8.32. The number of methoxy groups -OCH3 is 1. The quantitative estimate of drug-likeness (QED) is 0.495. The van der Waals surface area contributed by atoms with E-state index in [0.29, 0.717) is 0 Å². The van der Waals surface area contributed by atoms with E-state index in [9.17, 15) is 14.7 Å². The Bertz CT molecular complexity index is 643. The molecule has 4 heteroatoms. The zero-order chi connectivity index (χ0) is 17.4. The number of aliphatic hydroxyl groups is 1. The molecule has 4 nitrogen and oxygen atoms in total. The number of carbonyl (C=O) groups is 2. The maximum Gasteiger partial charge on any atom is 0.313 e. The molecule has 0 aliphatic heterocycles. The van der Waals surface area contributed by atoms with Crippen LogP contribution >= 0.6 is 0 Å². The highest BCUT2D eigenvalue weighted by atomic mass is 16.5. The van der Waals surface area contributed by atoms with Crippen molar-refractivity contribution in [3.63, 3.8) is 0 Å². The van der Waals surface area contributed by atoms with E-state index in [1.54, 1.807) is 12.2 Å². The molecule has 0 aromatic heterocycles. The van der Waals surface area contributed by atoms with Crippen molar-refractivity contribution < 1.29 is 19.4 Å². The lowest BCUT2D eigenvalue weighted by Gasteiger charge is -2.08. The van der Waals surface area contributed by atoms with Gasteiger partial charge in [-0.05, 0) is 42.4 Å². The van der Waals surface area contributed by atoms with Gasteiger partial charge in [0.2, 0.25) is 0 Å². The van der Waals surface area contributed by atoms with Gasteiger partial charge in [-0.2, -0.15) is 0 Å². The van der Waals surface area contributed by atoms with E-state index in [0.717, 1.165) is 19.3 Å². The van der Waals surface area contributed by atoms with Gasteiger partial charge in [0, 0.05) is 6.42 Å². The predicted molar refractivity (Wildman–Crippen MR) is 93.4 cm³/mol. The third-order valence-corrected chi connectivity index (χ3v) is 4.14. The van der Waals surface area contributed by atoms with E-state index in [4.69, 9.17) is 0 Å². The number of aliphatic hydroxyl groups excluding tert-OH is 1. The molecule has 0 heterocycles. The maximum atomic E-state index is 11.6. The fourth-order valence-corrected chi connectivity index (χ4v) is 2.90. The van der Waals surface area contributed by atoms with Gasteiger partial charge in [0.15, 0.2) is 0 Å². The number of benzene rings is 1. The van der Waals surface area contributed by atoms with Crippen molar-refractivity contribution in [3.8, 4) is 0 Å². The van der Waals surface area contributed by atoms with Crippen molar-refractivity contribution in [1.82, 2.24) is 0 Å². The second-order valence-electron chi connectivity index (χ2n) is 6.00. The summed E-state index contributed by atoms with van der Waals surface area (Å²) in [6.07, 6.45) is 8.58. The highest BCUT2D eigenvalue weighted by Gasteiger charge is 2.13. The van der Waals surface area contributed by atoms with Crippen LogP contribution in [0.5, 0.6) is 0 Å². The molecule has 1 aliphatic carbocycles. The molecule has 1 aromatic carbocycles. The lowest BCUT2D eigenvalue weighted by atomic mass is 9.98. The summed E-state index contributed by atoms with van der Waals surface area (Å²) >= 11 is 0. The highest BCUT2D eigenvalue weighted by Crippen LogP contribution is 2.29. The summed E-state index contributed by atoms with van der Waals surface area (Å²) in [4.78, 5) is 22.6. The minimum atomic E-state index is -0.889. The van der Waals surface area contributed by atoms with Gasteiger partial charge in [0.25, 0.3) is 0 Å². The van der Waals surface area contributed by atoms with Crippen molar-refractivity contribution in [3.05, 3.63) is 53.6 Å². The lowest BCUT2D eigenvalue weighted by molar-refractivity contribution is -0.143. The second-order valence-corrected chi connectivity index (χ2v) is 6.00. The van der Waals surface area contributed by atoms with Crippen LogP contribution in [0.3, 0.4) is 0 Å². The highest BCUT2D eigenvalue weighted by molar-refractivity contribution is 5.95. The van der Waals surface area contributed by atoms with Gasteiger partial charge in [-0.3, -0.25) is 9.59 Å². The van der Waals surface area contributed by atoms with Crippen molar-refractivity contribution in [2.75, 3.05) is 7.11 Å². The SMILES string of the molecule is COC(=O)CC(=O)CC(O)/C=C/C=C1/CCCCc2ccccc21. The molecule has 0 amide bonds. The third kappa shape index (κ3) is 5.46. The van der Waals surface area contributed by atoms with Gasteiger partial charge >= 0.3 is 5.97 Å². The van der Waals surface area contributed by atoms with E-state index < -0.39 is 12.1 Å². The molecule has 0 radical (unpaired) electrons. The number of esters is 1. The molecule has 128 valence electrons. The summed E-state index contributed by atoms with van der Waals surface area (Å²) in [5.41, 5.74) is 3.90. The number of carbonyl (C=O) groups excluding carboxylic acids is 2. The number of allylic oxidation sites excluding steroid dienone is 3. The Labute approximate surface area is 142 Å². The topological polar surface area (TPSA) is 63.6 Å². The molecule has 1 atom stereocenters. The molecule has 1 aliphatic rings. The molecule has 1 aromatic rings. The number of hydrogen-bond acceptors (Lipinski definition) is 4. The molecule has 0 fully saturated rings. The monoisotopic (exact) mass is 328 g/mol. The zero-order valence-corrected chi connectivity index (χ0v) is 14.0. The largest absolute Gasteiger partial charge is 0.469 e. The van der Waals surface area contributed by atoms with E-state index >= 15 is 0 Å². The van der Waals surface area contributed by atoms with Crippen molar-refractivity contribution in [2.24, 2.45) is 0 Å². The first-order valence-electron chi connectivity index (χ1n) is 8.32.